The predicted octanol–water partition coefficient (Wildman–Crippen LogP) is 2.71. The van der Waals surface area contributed by atoms with Crippen LogP contribution in [-0.4, -0.2) is 61.7 Å². The lowest BCUT2D eigenvalue weighted by molar-refractivity contribution is 0.0770. The Hall–Kier alpha value is -0.120. The molecular weight excluding hydrogens is 258 g/mol. The van der Waals surface area contributed by atoms with Gasteiger partial charge in [-0.3, -0.25) is 0 Å². The van der Waals surface area contributed by atoms with Crippen LogP contribution in [0.25, 0.3) is 0 Å². The normalized spacial score (nSPS) is 34.1. The summed E-state index contributed by atoms with van der Waals surface area (Å²) in [6, 6.07) is 1.67. The molecule has 2 aliphatic heterocycles. The van der Waals surface area contributed by atoms with Crippen LogP contribution in [0.1, 0.15) is 57.8 Å². The monoisotopic (exact) mass is 293 g/mol. The molecule has 2 atom stereocenters. The second-order valence-corrected chi connectivity index (χ2v) is 7.57. The van der Waals surface area contributed by atoms with Crippen LogP contribution in [0.5, 0.6) is 0 Å². The zero-order valence-electron chi connectivity index (χ0n) is 14.0. The minimum atomic E-state index is 0.776. The predicted molar refractivity (Wildman–Crippen MR) is 89.7 cm³/mol. The van der Waals surface area contributed by atoms with Crippen molar-refractivity contribution < 1.29 is 0 Å². The Morgan fingerprint density at radius 1 is 0.810 bits per heavy atom. The number of hydrogen-bond donors (Lipinski definition) is 1. The molecule has 0 amide bonds. The van der Waals surface area contributed by atoms with Crippen LogP contribution in [0.15, 0.2) is 0 Å². The Morgan fingerprint density at radius 2 is 1.52 bits per heavy atom. The van der Waals surface area contributed by atoms with Crippen molar-refractivity contribution >= 4 is 0 Å². The zero-order chi connectivity index (χ0) is 14.5. The van der Waals surface area contributed by atoms with E-state index in [1.165, 1.54) is 90.5 Å². The van der Waals surface area contributed by atoms with E-state index in [9.17, 15) is 0 Å². The number of piperidine rings is 2. The van der Waals surface area contributed by atoms with Crippen molar-refractivity contribution in [3.05, 3.63) is 0 Å². The van der Waals surface area contributed by atoms with Crippen LogP contribution in [0.3, 0.4) is 0 Å². The third kappa shape index (κ3) is 4.20. The molecule has 2 unspecified atom stereocenters. The van der Waals surface area contributed by atoms with Gasteiger partial charge in [0.2, 0.25) is 0 Å². The van der Waals surface area contributed by atoms with E-state index in [0.29, 0.717) is 0 Å². The molecule has 2 heterocycles. The average Bonchev–Trinajstić information content (AvgIpc) is 2.57. The van der Waals surface area contributed by atoms with E-state index < -0.39 is 0 Å². The van der Waals surface area contributed by atoms with E-state index in [1.54, 1.807) is 0 Å². The maximum absolute atomic E-state index is 3.57. The third-order valence-corrected chi connectivity index (χ3v) is 6.24. The molecule has 1 N–H and O–H groups in total. The smallest absolute Gasteiger partial charge is 0.0120 e. The summed E-state index contributed by atoms with van der Waals surface area (Å²) >= 11 is 0. The first-order valence-electron chi connectivity index (χ1n) is 9.50. The summed E-state index contributed by atoms with van der Waals surface area (Å²) < 4.78 is 0. The van der Waals surface area contributed by atoms with Gasteiger partial charge in [-0.25, -0.2) is 0 Å². The van der Waals surface area contributed by atoms with Crippen molar-refractivity contribution in [2.45, 2.75) is 69.9 Å². The second kappa shape index (κ2) is 7.94. The molecule has 0 aromatic heterocycles. The average molecular weight is 293 g/mol. The van der Waals surface area contributed by atoms with Crippen LogP contribution in [-0.2, 0) is 0 Å². The lowest BCUT2D eigenvalue weighted by Gasteiger charge is -2.42. The Balaban J connectivity index is 1.42. The molecule has 3 fully saturated rings. The van der Waals surface area contributed by atoms with E-state index in [2.05, 4.69) is 22.2 Å². The summed E-state index contributed by atoms with van der Waals surface area (Å²) in [5.74, 6) is 0.898. The lowest BCUT2D eigenvalue weighted by Crippen LogP contribution is -2.49. The van der Waals surface area contributed by atoms with E-state index in [0.717, 1.165) is 18.0 Å². The van der Waals surface area contributed by atoms with Gasteiger partial charge in [0.05, 0.1) is 0 Å². The molecule has 0 aromatic rings. The van der Waals surface area contributed by atoms with Crippen LogP contribution >= 0.6 is 0 Å². The van der Waals surface area contributed by atoms with Gasteiger partial charge in [-0.05, 0) is 77.7 Å². The highest BCUT2D eigenvalue weighted by atomic mass is 15.2. The van der Waals surface area contributed by atoms with E-state index >= 15 is 0 Å². The molecule has 122 valence electrons. The van der Waals surface area contributed by atoms with Crippen molar-refractivity contribution in [3.63, 3.8) is 0 Å². The van der Waals surface area contributed by atoms with Gasteiger partial charge >= 0.3 is 0 Å². The Labute approximate surface area is 131 Å². The van der Waals surface area contributed by atoms with Gasteiger partial charge in [0, 0.05) is 18.6 Å². The Bertz CT molecular complexity index is 293. The van der Waals surface area contributed by atoms with Gasteiger partial charge in [-0.1, -0.05) is 19.3 Å². The molecule has 0 radical (unpaired) electrons. The SMILES string of the molecule is CNC1CCCCC1CN1CCC(N2CCCCC2)CC1. The number of nitrogens with zero attached hydrogens (tertiary/aromatic N) is 2. The maximum atomic E-state index is 3.57. The fourth-order valence-electron chi connectivity index (χ4n) is 4.89. The fourth-order valence-corrected chi connectivity index (χ4v) is 4.89. The van der Waals surface area contributed by atoms with Gasteiger partial charge in [0.25, 0.3) is 0 Å². The molecule has 0 spiro atoms. The molecular formula is C18H35N3. The van der Waals surface area contributed by atoms with Gasteiger partial charge in [-0.2, -0.15) is 0 Å². The highest BCUT2D eigenvalue weighted by Crippen LogP contribution is 2.27. The van der Waals surface area contributed by atoms with Crippen molar-refractivity contribution in [3.8, 4) is 0 Å². The number of rotatable bonds is 4. The summed E-state index contributed by atoms with van der Waals surface area (Å²) in [6.45, 7) is 6.77. The molecule has 3 aliphatic rings. The van der Waals surface area contributed by atoms with Crippen LogP contribution in [0, 0.1) is 5.92 Å². The van der Waals surface area contributed by atoms with Gasteiger partial charge < -0.3 is 15.1 Å². The van der Waals surface area contributed by atoms with Gasteiger partial charge in [-0.15, -0.1) is 0 Å². The van der Waals surface area contributed by atoms with E-state index in [4.69, 9.17) is 0 Å². The Kier molecular flexibility index (Phi) is 5.96. The van der Waals surface area contributed by atoms with Gasteiger partial charge in [0.15, 0.2) is 0 Å². The minimum Gasteiger partial charge on any atom is -0.317 e. The highest BCUT2D eigenvalue weighted by molar-refractivity contribution is 4.86. The first-order valence-corrected chi connectivity index (χ1v) is 9.50. The molecule has 2 saturated heterocycles. The molecule has 3 nitrogen and oxygen atoms in total. The molecule has 0 bridgehead atoms. The molecule has 0 aromatic carbocycles. The van der Waals surface area contributed by atoms with Crippen molar-refractivity contribution in [1.29, 1.82) is 0 Å². The van der Waals surface area contributed by atoms with Gasteiger partial charge in [0.1, 0.15) is 0 Å². The number of hydrogen-bond acceptors (Lipinski definition) is 3. The second-order valence-electron chi connectivity index (χ2n) is 7.57. The summed E-state index contributed by atoms with van der Waals surface area (Å²) in [6.07, 6.45) is 12.9. The quantitative estimate of drug-likeness (QED) is 0.860. The summed E-state index contributed by atoms with van der Waals surface area (Å²) in [7, 11) is 2.16. The number of nitrogens with one attached hydrogen (secondary N) is 1. The summed E-state index contributed by atoms with van der Waals surface area (Å²) in [5, 5.41) is 3.57. The van der Waals surface area contributed by atoms with E-state index in [1.807, 2.05) is 0 Å². The standard InChI is InChI=1S/C18H35N3/c1-19-18-8-4-3-7-16(18)15-20-13-9-17(10-14-20)21-11-5-2-6-12-21/h16-19H,2-15H2,1H3. The van der Waals surface area contributed by atoms with Crippen molar-refractivity contribution in [2.75, 3.05) is 39.8 Å². The van der Waals surface area contributed by atoms with Crippen LogP contribution < -0.4 is 5.32 Å². The lowest BCUT2D eigenvalue weighted by atomic mass is 9.84. The topological polar surface area (TPSA) is 18.5 Å². The molecule has 3 heteroatoms. The molecule has 21 heavy (non-hydrogen) atoms. The van der Waals surface area contributed by atoms with Crippen LogP contribution in [0.2, 0.25) is 0 Å². The first-order chi connectivity index (χ1) is 10.4. The largest absolute Gasteiger partial charge is 0.317 e. The summed E-state index contributed by atoms with van der Waals surface area (Å²) in [4.78, 5) is 5.55. The molecule has 1 saturated carbocycles. The number of likely N-dealkylation sites (tertiary alicyclic amines) is 2. The highest BCUT2D eigenvalue weighted by Gasteiger charge is 2.29. The zero-order valence-corrected chi connectivity index (χ0v) is 14.0. The molecule has 3 rings (SSSR count). The molecule has 1 aliphatic carbocycles. The van der Waals surface area contributed by atoms with Crippen LogP contribution in [0.4, 0.5) is 0 Å². The van der Waals surface area contributed by atoms with Crippen molar-refractivity contribution in [2.24, 2.45) is 5.92 Å². The minimum absolute atomic E-state index is 0.776. The third-order valence-electron chi connectivity index (χ3n) is 6.24. The first kappa shape index (κ1) is 15.8. The fraction of sp³-hybridized carbons (Fsp3) is 1.00. The Morgan fingerprint density at radius 3 is 2.24 bits per heavy atom. The van der Waals surface area contributed by atoms with E-state index in [-0.39, 0.29) is 0 Å². The summed E-state index contributed by atoms with van der Waals surface area (Å²) in [5.41, 5.74) is 0. The maximum Gasteiger partial charge on any atom is 0.0120 e. The van der Waals surface area contributed by atoms with Crippen molar-refractivity contribution in [1.82, 2.24) is 15.1 Å².